The molecule has 1 atom stereocenters. The lowest BCUT2D eigenvalue weighted by molar-refractivity contribution is -0.136. The summed E-state index contributed by atoms with van der Waals surface area (Å²) in [5.74, 6) is 0.586. The molecule has 0 aliphatic carbocycles. The van der Waals surface area contributed by atoms with E-state index in [0.717, 1.165) is 12.0 Å². The van der Waals surface area contributed by atoms with Crippen LogP contribution in [0.2, 0.25) is 5.02 Å². The Balaban J connectivity index is 1.93. The summed E-state index contributed by atoms with van der Waals surface area (Å²) in [7, 11) is 1.33. The fourth-order valence-electron chi connectivity index (χ4n) is 3.50. The molecule has 32 heavy (non-hydrogen) atoms. The highest BCUT2D eigenvalue weighted by Crippen LogP contribution is 2.35. The zero-order valence-electron chi connectivity index (χ0n) is 18.4. The summed E-state index contributed by atoms with van der Waals surface area (Å²) >= 11 is 5.94. The lowest BCUT2D eigenvalue weighted by Crippen LogP contribution is -2.45. The molecule has 0 aromatic heterocycles. The molecule has 1 aliphatic rings. The zero-order valence-corrected chi connectivity index (χ0v) is 19.1. The summed E-state index contributed by atoms with van der Waals surface area (Å²) in [6, 6.07) is 11.7. The molecule has 0 spiro atoms. The van der Waals surface area contributed by atoms with Gasteiger partial charge in [-0.3, -0.25) is 0 Å². The van der Waals surface area contributed by atoms with E-state index in [0.29, 0.717) is 53.0 Å². The molecule has 8 heteroatoms. The predicted octanol–water partition coefficient (Wildman–Crippen LogP) is 4.90. The second-order valence-electron chi connectivity index (χ2n) is 7.22. The zero-order chi connectivity index (χ0) is 23.1. The first-order chi connectivity index (χ1) is 15.5. The van der Waals surface area contributed by atoms with Crippen molar-refractivity contribution in [2.75, 3.05) is 13.7 Å². The predicted molar refractivity (Wildman–Crippen MR) is 122 cm³/mol. The first-order valence-electron chi connectivity index (χ1n) is 10.5. The number of carbonyl (C=O) groups is 2. The first kappa shape index (κ1) is 23.5. The largest absolute Gasteiger partial charge is 0.490 e. The molecule has 2 N–H and O–H groups in total. The minimum atomic E-state index is -0.665. The van der Waals surface area contributed by atoms with Crippen LogP contribution in [0, 0.1) is 0 Å². The van der Waals surface area contributed by atoms with Crippen LogP contribution in [0.15, 0.2) is 53.7 Å². The maximum atomic E-state index is 12.6. The van der Waals surface area contributed by atoms with Crippen LogP contribution in [0.4, 0.5) is 4.79 Å². The Morgan fingerprint density at radius 1 is 1.06 bits per heavy atom. The third-order valence-electron chi connectivity index (χ3n) is 4.97. The van der Waals surface area contributed by atoms with Gasteiger partial charge in [-0.05, 0) is 48.7 Å². The van der Waals surface area contributed by atoms with E-state index in [-0.39, 0.29) is 6.03 Å². The molecule has 2 amide bonds. The molecular weight excluding hydrogens is 432 g/mol. The third kappa shape index (κ3) is 5.53. The maximum absolute atomic E-state index is 12.6. The summed E-state index contributed by atoms with van der Waals surface area (Å²) in [6.07, 6.45) is 1.32. The number of urea groups is 1. The van der Waals surface area contributed by atoms with Gasteiger partial charge in [0.15, 0.2) is 11.5 Å². The van der Waals surface area contributed by atoms with Crippen molar-refractivity contribution in [3.05, 3.63) is 69.9 Å². The Morgan fingerprint density at radius 3 is 2.47 bits per heavy atom. The Morgan fingerprint density at radius 2 is 1.81 bits per heavy atom. The molecule has 1 heterocycles. The van der Waals surface area contributed by atoms with E-state index in [1.807, 2.05) is 32.0 Å². The number of allylic oxidation sites excluding steroid dienone is 1. The number of hydrogen-bond acceptors (Lipinski definition) is 5. The van der Waals surface area contributed by atoms with Crippen LogP contribution < -0.4 is 20.1 Å². The Hall–Kier alpha value is -3.19. The number of carbonyl (C=O) groups excluding carboxylic acids is 2. The van der Waals surface area contributed by atoms with Crippen LogP contribution in [0.25, 0.3) is 0 Å². The average molecular weight is 459 g/mol. The minimum absolute atomic E-state index is 0.342. The number of methoxy groups -OCH3 is 1. The van der Waals surface area contributed by atoms with Gasteiger partial charge in [0.1, 0.15) is 6.61 Å². The lowest BCUT2D eigenvalue weighted by Gasteiger charge is -2.29. The minimum Gasteiger partial charge on any atom is -0.490 e. The van der Waals surface area contributed by atoms with Gasteiger partial charge in [-0.15, -0.1) is 0 Å². The molecule has 1 unspecified atom stereocenters. The highest BCUT2D eigenvalue weighted by atomic mass is 35.5. The molecule has 0 fully saturated rings. The van der Waals surface area contributed by atoms with E-state index in [9.17, 15) is 9.59 Å². The van der Waals surface area contributed by atoms with Crippen molar-refractivity contribution in [3.8, 4) is 11.5 Å². The van der Waals surface area contributed by atoms with Crippen molar-refractivity contribution < 1.29 is 23.8 Å². The monoisotopic (exact) mass is 458 g/mol. The van der Waals surface area contributed by atoms with E-state index in [2.05, 4.69) is 10.6 Å². The summed E-state index contributed by atoms with van der Waals surface area (Å²) in [5.41, 5.74) is 2.60. The van der Waals surface area contributed by atoms with Gasteiger partial charge in [-0.1, -0.05) is 43.1 Å². The Bertz CT molecular complexity index is 1000. The highest BCUT2D eigenvalue weighted by Gasteiger charge is 2.33. The summed E-state index contributed by atoms with van der Waals surface area (Å²) in [4.78, 5) is 24.8. The normalized spacial score (nSPS) is 15.6. The van der Waals surface area contributed by atoms with Crippen LogP contribution in [0.1, 0.15) is 43.9 Å². The fourth-order valence-corrected chi connectivity index (χ4v) is 3.63. The molecular formula is C24H27ClN2O5. The topological polar surface area (TPSA) is 85.9 Å². The molecule has 3 rings (SSSR count). The molecule has 0 saturated carbocycles. The summed E-state index contributed by atoms with van der Waals surface area (Å²) in [6.45, 7) is 4.63. The van der Waals surface area contributed by atoms with Gasteiger partial charge in [0, 0.05) is 10.7 Å². The second-order valence-corrected chi connectivity index (χ2v) is 7.66. The molecule has 0 radical (unpaired) electrons. The number of halogens is 1. The van der Waals surface area contributed by atoms with Crippen molar-refractivity contribution in [3.63, 3.8) is 0 Å². The SMILES string of the molecule is CCCC1=C(C(=O)OC)C(c2ccc(OCc3ccc(Cl)cc3)c(OCC)c2)NC(=O)N1. The van der Waals surface area contributed by atoms with Crippen molar-refractivity contribution >= 4 is 23.6 Å². The third-order valence-corrected chi connectivity index (χ3v) is 5.22. The van der Waals surface area contributed by atoms with Gasteiger partial charge >= 0.3 is 12.0 Å². The van der Waals surface area contributed by atoms with E-state index < -0.39 is 12.0 Å². The van der Waals surface area contributed by atoms with E-state index in [1.54, 1.807) is 24.3 Å². The van der Waals surface area contributed by atoms with Gasteiger partial charge in [0.2, 0.25) is 0 Å². The number of nitrogens with one attached hydrogen (secondary N) is 2. The van der Waals surface area contributed by atoms with E-state index >= 15 is 0 Å². The first-order valence-corrected chi connectivity index (χ1v) is 10.9. The van der Waals surface area contributed by atoms with Crippen LogP contribution in [0.3, 0.4) is 0 Å². The smallest absolute Gasteiger partial charge is 0.337 e. The maximum Gasteiger partial charge on any atom is 0.337 e. The molecule has 1 aliphatic heterocycles. The number of rotatable bonds is 9. The van der Waals surface area contributed by atoms with Crippen molar-refractivity contribution in [2.24, 2.45) is 0 Å². The van der Waals surface area contributed by atoms with Crippen LogP contribution >= 0.6 is 11.6 Å². The van der Waals surface area contributed by atoms with Crippen molar-refractivity contribution in [1.29, 1.82) is 0 Å². The van der Waals surface area contributed by atoms with Gasteiger partial charge in [0.05, 0.1) is 25.3 Å². The standard InChI is InChI=1S/C24H27ClN2O5/c1-4-6-18-21(23(28)30-3)22(27-24(29)26-18)16-9-12-19(20(13-16)31-5-2)32-14-15-7-10-17(25)11-8-15/h7-13,22H,4-6,14H2,1-3H3,(H2,26,27,29). The van der Waals surface area contributed by atoms with Gasteiger partial charge < -0.3 is 24.8 Å². The number of esters is 1. The second kappa shape index (κ2) is 10.9. The van der Waals surface area contributed by atoms with Crippen LogP contribution in [-0.4, -0.2) is 25.7 Å². The molecule has 7 nitrogen and oxygen atoms in total. The highest BCUT2D eigenvalue weighted by molar-refractivity contribution is 6.30. The average Bonchev–Trinajstić information content (AvgIpc) is 2.79. The van der Waals surface area contributed by atoms with E-state index in [4.69, 9.17) is 25.8 Å². The van der Waals surface area contributed by atoms with Crippen molar-refractivity contribution in [2.45, 2.75) is 39.3 Å². The van der Waals surface area contributed by atoms with Gasteiger partial charge in [-0.2, -0.15) is 0 Å². The Labute approximate surface area is 192 Å². The number of hydrogen-bond donors (Lipinski definition) is 2. The summed E-state index contributed by atoms with van der Waals surface area (Å²) < 4.78 is 16.8. The lowest BCUT2D eigenvalue weighted by atomic mass is 9.93. The number of benzene rings is 2. The molecule has 0 bridgehead atoms. The molecule has 2 aromatic carbocycles. The molecule has 170 valence electrons. The number of ether oxygens (including phenoxy) is 3. The van der Waals surface area contributed by atoms with E-state index in [1.165, 1.54) is 7.11 Å². The van der Waals surface area contributed by atoms with Crippen LogP contribution in [0.5, 0.6) is 11.5 Å². The Kier molecular flexibility index (Phi) is 8.00. The van der Waals surface area contributed by atoms with Crippen molar-refractivity contribution in [1.82, 2.24) is 10.6 Å². The number of amides is 2. The molecule has 2 aromatic rings. The molecule has 0 saturated heterocycles. The quantitative estimate of drug-likeness (QED) is 0.522. The van der Waals surface area contributed by atoms with Gasteiger partial charge in [-0.25, -0.2) is 9.59 Å². The fraction of sp³-hybridized carbons (Fsp3) is 0.333. The van der Waals surface area contributed by atoms with Crippen LogP contribution in [-0.2, 0) is 16.1 Å². The summed E-state index contributed by atoms with van der Waals surface area (Å²) in [5, 5.41) is 6.22. The van der Waals surface area contributed by atoms with Gasteiger partial charge in [0.25, 0.3) is 0 Å².